The summed E-state index contributed by atoms with van der Waals surface area (Å²) in [6.45, 7) is 3.37. The Kier molecular flexibility index (Phi) is 5.06. The minimum atomic E-state index is -5.38. The zero-order chi connectivity index (χ0) is 18.2. The summed E-state index contributed by atoms with van der Waals surface area (Å²) in [5.41, 5.74) is 6.23. The van der Waals surface area contributed by atoms with Crippen LogP contribution in [0.4, 0.5) is 18.6 Å². The molecule has 0 aliphatic heterocycles. The van der Waals surface area contributed by atoms with E-state index in [1.165, 1.54) is 20.8 Å². The highest BCUT2D eigenvalue weighted by Crippen LogP contribution is 2.32. The molecule has 0 aliphatic carbocycles. The van der Waals surface area contributed by atoms with Gasteiger partial charge in [0.05, 0.1) is 5.56 Å². The predicted octanol–water partition coefficient (Wildman–Crippen LogP) is 4.56. The van der Waals surface area contributed by atoms with Crippen molar-refractivity contribution >= 4 is 24.1 Å². The van der Waals surface area contributed by atoms with Gasteiger partial charge in [-0.15, -0.1) is 5.46 Å². The maximum atomic E-state index is 13.4. The Morgan fingerprint density at radius 3 is 2.04 bits per heavy atom. The summed E-state index contributed by atoms with van der Waals surface area (Å²) in [5, 5.41) is 3.34. The fourth-order valence-corrected chi connectivity index (χ4v) is 2.55. The van der Waals surface area contributed by atoms with Crippen molar-refractivity contribution in [3.63, 3.8) is 0 Å². The second-order valence-corrected chi connectivity index (χ2v) is 6.28. The molecule has 1 rings (SSSR count). The number of hydrogen-bond donors (Lipinski definition) is 0. The zero-order valence-corrected chi connectivity index (χ0v) is 13.9. The second kappa shape index (κ2) is 6.16. The van der Waals surface area contributed by atoms with Crippen LogP contribution >= 0.6 is 0 Å². The fraction of sp³-hybridized carbons (Fsp3) is 0.500. The molecule has 9 heteroatoms. The Bertz CT molecular complexity index is 703. The lowest BCUT2D eigenvalue weighted by Gasteiger charge is -2.27. The van der Waals surface area contributed by atoms with Gasteiger partial charge in [-0.1, -0.05) is 16.2 Å². The summed E-state index contributed by atoms with van der Waals surface area (Å²) in [7, 11) is 0. The van der Waals surface area contributed by atoms with Crippen LogP contribution in [0.25, 0.3) is 10.4 Å². The number of hydrogen-bond acceptors (Lipinski definition) is 3. The molecule has 1 aromatic carbocycles. The van der Waals surface area contributed by atoms with E-state index in [1.54, 1.807) is 20.8 Å². The molecule has 0 unspecified atom stereocenters. The van der Waals surface area contributed by atoms with Crippen LogP contribution in [0.3, 0.4) is 0 Å². The molecule has 0 atom stereocenters. The first-order valence-electron chi connectivity index (χ1n) is 6.93. The first kappa shape index (κ1) is 18.9. The Balaban J connectivity index is 3.80. The van der Waals surface area contributed by atoms with Gasteiger partial charge in [0.2, 0.25) is 0 Å². The zero-order valence-electron chi connectivity index (χ0n) is 13.9. The SMILES string of the molecule is Cc1c(N=[N+]=[N-])c(C)c([B-](F)(F)F)c(C)c1C(=O)OC(C)(C)C. The number of benzene rings is 1. The van der Waals surface area contributed by atoms with Crippen LogP contribution < -0.4 is 5.46 Å². The topological polar surface area (TPSA) is 75.1 Å². The molecule has 1 aromatic rings. The molecule has 0 aromatic heterocycles. The molecular formula is C14H18BF3N3O2-. The Labute approximate surface area is 132 Å². The van der Waals surface area contributed by atoms with E-state index in [0.717, 1.165) is 0 Å². The maximum Gasteiger partial charge on any atom is 0.510 e. The van der Waals surface area contributed by atoms with Crippen molar-refractivity contribution in [3.8, 4) is 0 Å². The number of esters is 1. The van der Waals surface area contributed by atoms with Crippen molar-refractivity contribution in [1.29, 1.82) is 0 Å². The Morgan fingerprint density at radius 1 is 1.13 bits per heavy atom. The molecule has 23 heavy (non-hydrogen) atoms. The number of azide groups is 1. The van der Waals surface area contributed by atoms with E-state index < -0.39 is 24.0 Å². The highest BCUT2D eigenvalue weighted by atomic mass is 19.4. The third-order valence-corrected chi connectivity index (χ3v) is 3.34. The largest absolute Gasteiger partial charge is 0.510 e. The molecule has 0 heterocycles. The van der Waals surface area contributed by atoms with Crippen molar-refractivity contribution in [3.05, 3.63) is 32.7 Å². The van der Waals surface area contributed by atoms with Crippen LogP contribution in [0, 0.1) is 20.8 Å². The molecule has 0 spiro atoms. The highest BCUT2D eigenvalue weighted by molar-refractivity contribution is 6.74. The van der Waals surface area contributed by atoms with Crippen molar-refractivity contribution in [1.82, 2.24) is 0 Å². The van der Waals surface area contributed by atoms with Crippen LogP contribution in [-0.2, 0) is 4.74 Å². The van der Waals surface area contributed by atoms with Crippen LogP contribution in [0.2, 0.25) is 0 Å². The van der Waals surface area contributed by atoms with E-state index in [1.807, 2.05) is 0 Å². The van der Waals surface area contributed by atoms with E-state index in [9.17, 15) is 17.7 Å². The molecule has 126 valence electrons. The molecule has 0 aliphatic rings. The Morgan fingerprint density at radius 2 is 1.65 bits per heavy atom. The number of nitrogens with zero attached hydrogens (tertiary/aromatic N) is 3. The van der Waals surface area contributed by atoms with Crippen molar-refractivity contribution in [2.45, 2.75) is 47.1 Å². The van der Waals surface area contributed by atoms with Crippen molar-refractivity contribution in [2.24, 2.45) is 5.11 Å². The number of carbonyl (C=O) groups excluding carboxylic acids is 1. The number of halogens is 3. The van der Waals surface area contributed by atoms with E-state index in [0.29, 0.717) is 0 Å². The molecule has 0 saturated heterocycles. The van der Waals surface area contributed by atoms with E-state index >= 15 is 0 Å². The molecule has 5 nitrogen and oxygen atoms in total. The van der Waals surface area contributed by atoms with Gasteiger partial charge in [0, 0.05) is 10.6 Å². The van der Waals surface area contributed by atoms with Gasteiger partial charge in [-0.2, -0.15) is 0 Å². The van der Waals surface area contributed by atoms with Crippen LogP contribution in [0.15, 0.2) is 5.11 Å². The smallest absolute Gasteiger partial charge is 0.456 e. The summed E-state index contributed by atoms with van der Waals surface area (Å²) in [4.78, 5) is 14.9. The summed E-state index contributed by atoms with van der Waals surface area (Å²) in [6, 6.07) is 0. The molecule has 0 amide bonds. The standard InChI is InChI=1S/C14H18BF3N3O2/c1-7-10(13(22)23-14(4,5)6)8(2)12(20-21-19)9(3)11(7)15(16,17)18/h1-6H3/q-1. The van der Waals surface area contributed by atoms with Gasteiger partial charge in [0.15, 0.2) is 0 Å². The molecule has 0 N–H and O–H groups in total. The third-order valence-electron chi connectivity index (χ3n) is 3.34. The predicted molar refractivity (Wildman–Crippen MR) is 83.3 cm³/mol. The normalized spacial score (nSPS) is 11.9. The van der Waals surface area contributed by atoms with Crippen LogP contribution in [-0.4, -0.2) is 18.5 Å². The minimum Gasteiger partial charge on any atom is -0.456 e. The number of ether oxygens (including phenoxy) is 1. The summed E-state index contributed by atoms with van der Waals surface area (Å²) in [5.74, 6) is -0.872. The molecule has 0 bridgehead atoms. The average molecular weight is 328 g/mol. The molecule has 0 fully saturated rings. The molecular weight excluding hydrogens is 310 g/mol. The van der Waals surface area contributed by atoms with Gasteiger partial charge in [-0.25, -0.2) is 4.79 Å². The molecule has 0 radical (unpaired) electrons. The first-order valence-corrected chi connectivity index (χ1v) is 6.93. The van der Waals surface area contributed by atoms with Crippen molar-refractivity contribution < 1.29 is 22.5 Å². The van der Waals surface area contributed by atoms with E-state index in [2.05, 4.69) is 10.0 Å². The number of rotatable bonds is 3. The summed E-state index contributed by atoms with van der Waals surface area (Å²) >= 11 is 0. The van der Waals surface area contributed by atoms with Crippen molar-refractivity contribution in [2.75, 3.05) is 0 Å². The second-order valence-electron chi connectivity index (χ2n) is 6.28. The summed E-state index contributed by atoms with van der Waals surface area (Å²) in [6.07, 6.45) is 0. The maximum absolute atomic E-state index is 13.4. The highest BCUT2D eigenvalue weighted by Gasteiger charge is 2.34. The minimum absolute atomic E-state index is 0.177. The van der Waals surface area contributed by atoms with Gasteiger partial charge >= 0.3 is 12.9 Å². The third kappa shape index (κ3) is 3.98. The van der Waals surface area contributed by atoms with Gasteiger partial charge in [-0.3, -0.25) is 0 Å². The van der Waals surface area contributed by atoms with Crippen LogP contribution in [0.5, 0.6) is 0 Å². The quantitative estimate of drug-likeness (QED) is 0.268. The lowest BCUT2D eigenvalue weighted by molar-refractivity contribution is 0.00681. The van der Waals surface area contributed by atoms with Gasteiger partial charge in [-0.05, 0) is 52.6 Å². The monoisotopic (exact) mass is 328 g/mol. The van der Waals surface area contributed by atoms with Crippen LogP contribution in [0.1, 0.15) is 47.8 Å². The van der Waals surface area contributed by atoms with E-state index in [4.69, 9.17) is 10.3 Å². The van der Waals surface area contributed by atoms with E-state index in [-0.39, 0.29) is 27.9 Å². The van der Waals surface area contributed by atoms with Gasteiger partial charge in [0.1, 0.15) is 5.60 Å². The number of carbonyl (C=O) groups is 1. The first-order chi connectivity index (χ1) is 10.3. The summed E-state index contributed by atoms with van der Waals surface area (Å²) < 4.78 is 45.4. The van der Waals surface area contributed by atoms with Gasteiger partial charge < -0.3 is 17.7 Å². The lowest BCUT2D eigenvalue weighted by atomic mass is 9.71. The average Bonchev–Trinajstić information content (AvgIpc) is 2.30. The molecule has 0 saturated carbocycles. The Hall–Kier alpha value is -2.15. The lowest BCUT2D eigenvalue weighted by Crippen LogP contribution is -2.40. The fourth-order valence-electron chi connectivity index (χ4n) is 2.55. The van der Waals surface area contributed by atoms with Gasteiger partial charge in [0.25, 0.3) is 0 Å².